The molecule has 1 aromatic rings. The lowest BCUT2D eigenvalue weighted by Gasteiger charge is -2.40. The zero-order valence-corrected chi connectivity index (χ0v) is 23.2. The minimum atomic E-state index is -4.47. The molecule has 0 bridgehead atoms. The van der Waals surface area contributed by atoms with Crippen LogP contribution in [0.4, 0.5) is 13.2 Å². The van der Waals surface area contributed by atoms with Gasteiger partial charge in [0, 0.05) is 36.9 Å². The van der Waals surface area contributed by atoms with Crippen LogP contribution in [0.5, 0.6) is 0 Å². The van der Waals surface area contributed by atoms with E-state index in [4.69, 9.17) is 0 Å². The van der Waals surface area contributed by atoms with E-state index < -0.39 is 29.5 Å². The summed E-state index contributed by atoms with van der Waals surface area (Å²) in [6.07, 6.45) is 9.92. The molecule has 2 amide bonds. The number of fused-ring (bicyclic) bond motifs is 3. The highest BCUT2D eigenvalue weighted by atomic mass is 19.4. The van der Waals surface area contributed by atoms with Gasteiger partial charge in [0.2, 0.25) is 11.8 Å². The third-order valence-electron chi connectivity index (χ3n) is 8.88. The summed E-state index contributed by atoms with van der Waals surface area (Å²) in [6, 6.07) is 7.98. The van der Waals surface area contributed by atoms with E-state index in [9.17, 15) is 22.8 Å². The number of carbonyl (C=O) groups excluding carboxylic acids is 2. The fourth-order valence-corrected chi connectivity index (χ4v) is 6.86. The molecule has 8 heteroatoms. The topological polar surface area (TPSA) is 61.4 Å². The molecule has 3 atom stereocenters. The van der Waals surface area contributed by atoms with Gasteiger partial charge in [-0.3, -0.25) is 9.59 Å². The fraction of sp³-hybridized carbons (Fsp3) is 0.613. The van der Waals surface area contributed by atoms with E-state index in [-0.39, 0.29) is 17.9 Å². The highest BCUT2D eigenvalue weighted by Crippen LogP contribution is 2.58. The molecular weight excluding hydrogens is 503 g/mol. The zero-order chi connectivity index (χ0) is 28.1. The van der Waals surface area contributed by atoms with Crippen LogP contribution in [0.1, 0.15) is 76.3 Å². The second kappa shape index (κ2) is 12.3. The van der Waals surface area contributed by atoms with E-state index in [1.807, 2.05) is 42.5 Å². The summed E-state index contributed by atoms with van der Waals surface area (Å²) in [6.45, 7) is 5.52. The molecule has 0 radical (unpaired) electrons. The first kappa shape index (κ1) is 29.4. The van der Waals surface area contributed by atoms with E-state index in [2.05, 4.69) is 35.5 Å². The number of piperidine rings is 1. The number of nitrogens with one attached hydrogen (secondary N) is 2. The second-order valence-corrected chi connectivity index (χ2v) is 11.6. The molecule has 1 saturated heterocycles. The van der Waals surface area contributed by atoms with E-state index in [0.717, 1.165) is 69.3 Å². The number of alkyl halides is 3. The molecule has 1 aliphatic heterocycles. The van der Waals surface area contributed by atoms with Crippen LogP contribution in [0.3, 0.4) is 0 Å². The Morgan fingerprint density at radius 1 is 1.05 bits per heavy atom. The van der Waals surface area contributed by atoms with Gasteiger partial charge in [0.15, 0.2) is 0 Å². The Labute approximate surface area is 230 Å². The molecule has 1 aromatic carbocycles. The minimum absolute atomic E-state index is 0.139. The van der Waals surface area contributed by atoms with Crippen molar-refractivity contribution < 1.29 is 22.8 Å². The van der Waals surface area contributed by atoms with Crippen LogP contribution < -0.4 is 10.6 Å². The van der Waals surface area contributed by atoms with Gasteiger partial charge >= 0.3 is 6.18 Å². The average Bonchev–Trinajstić information content (AvgIpc) is 3.14. The monoisotopic (exact) mass is 545 g/mol. The molecule has 2 aliphatic carbocycles. The first-order chi connectivity index (χ1) is 18.6. The number of carbonyl (C=O) groups is 2. The minimum Gasteiger partial charge on any atom is -0.353 e. The van der Waals surface area contributed by atoms with Crippen molar-refractivity contribution in [3.05, 3.63) is 59.7 Å². The quantitative estimate of drug-likeness (QED) is 0.358. The Hall–Kier alpha value is -2.61. The number of rotatable bonds is 11. The van der Waals surface area contributed by atoms with Crippen molar-refractivity contribution in [1.29, 1.82) is 0 Å². The predicted molar refractivity (Wildman–Crippen MR) is 147 cm³/mol. The maximum absolute atomic E-state index is 13.7. The van der Waals surface area contributed by atoms with Gasteiger partial charge in [-0.2, -0.15) is 13.2 Å². The van der Waals surface area contributed by atoms with Gasteiger partial charge < -0.3 is 15.5 Å². The summed E-state index contributed by atoms with van der Waals surface area (Å²) in [5, 5.41) is 5.41. The van der Waals surface area contributed by atoms with Crippen molar-refractivity contribution in [3.63, 3.8) is 0 Å². The van der Waals surface area contributed by atoms with Crippen molar-refractivity contribution >= 4 is 11.8 Å². The van der Waals surface area contributed by atoms with Crippen molar-refractivity contribution in [2.75, 3.05) is 26.2 Å². The molecule has 4 rings (SSSR count). The predicted octanol–water partition coefficient (Wildman–Crippen LogP) is 5.56. The molecule has 214 valence electrons. The van der Waals surface area contributed by atoms with Crippen molar-refractivity contribution in [2.24, 2.45) is 5.92 Å². The van der Waals surface area contributed by atoms with Crippen LogP contribution in [0.15, 0.2) is 48.6 Å². The molecule has 0 spiro atoms. The van der Waals surface area contributed by atoms with E-state index in [1.54, 1.807) is 0 Å². The van der Waals surface area contributed by atoms with Gasteiger partial charge in [-0.25, -0.2) is 0 Å². The van der Waals surface area contributed by atoms with E-state index in [1.165, 1.54) is 0 Å². The molecule has 5 nitrogen and oxygen atoms in total. The third-order valence-corrected chi connectivity index (χ3v) is 8.88. The lowest BCUT2D eigenvalue weighted by atomic mass is 9.63. The average molecular weight is 546 g/mol. The lowest BCUT2D eigenvalue weighted by Crippen LogP contribution is -2.51. The summed E-state index contributed by atoms with van der Waals surface area (Å²) < 4.78 is 39.4. The molecule has 39 heavy (non-hydrogen) atoms. The Balaban J connectivity index is 1.41. The Morgan fingerprint density at radius 2 is 1.77 bits per heavy atom. The van der Waals surface area contributed by atoms with Gasteiger partial charge in [0.1, 0.15) is 6.54 Å². The molecule has 3 aliphatic rings. The molecule has 0 aromatic heterocycles. The normalized spacial score (nSPS) is 26.7. The number of likely N-dealkylation sites (tertiary alicyclic amines) is 1. The maximum atomic E-state index is 13.7. The first-order valence-corrected chi connectivity index (χ1v) is 14.4. The van der Waals surface area contributed by atoms with E-state index >= 15 is 0 Å². The van der Waals surface area contributed by atoms with Gasteiger partial charge in [-0.15, -0.1) is 0 Å². The van der Waals surface area contributed by atoms with Crippen LogP contribution in [-0.4, -0.2) is 55.1 Å². The smallest absolute Gasteiger partial charge is 0.353 e. The molecular formula is C31H42F3N3O2. The van der Waals surface area contributed by atoms with Crippen molar-refractivity contribution in [2.45, 2.75) is 88.3 Å². The highest BCUT2D eigenvalue weighted by molar-refractivity contribution is 5.91. The number of hydrogen-bond donors (Lipinski definition) is 2. The lowest BCUT2D eigenvalue weighted by molar-refractivity contribution is -0.143. The van der Waals surface area contributed by atoms with Crippen LogP contribution in [0.25, 0.3) is 0 Å². The standard InChI is InChI=1S/C31H42F3N3O2/c1-3-4-14-27(38)36-23-15-20-37(21-16-23)19-10-9-18-30(28(39)35-22-31(32,33)34)25-12-6-5-11-24(25)29(2)17-8-7-13-26(29)30/h5-8,11-13,17,23,26H,3-4,9-10,14-16,18-22H2,1-2H3,(H,35,39)(H,36,38). The largest absolute Gasteiger partial charge is 0.405 e. The van der Waals surface area contributed by atoms with Gasteiger partial charge in [-0.1, -0.05) is 75.3 Å². The maximum Gasteiger partial charge on any atom is 0.405 e. The van der Waals surface area contributed by atoms with Gasteiger partial charge in [0.05, 0.1) is 5.41 Å². The second-order valence-electron chi connectivity index (χ2n) is 11.6. The number of hydrogen-bond acceptors (Lipinski definition) is 3. The number of unbranched alkanes of at least 4 members (excludes halogenated alkanes) is 2. The summed E-state index contributed by atoms with van der Waals surface area (Å²) in [4.78, 5) is 28.2. The summed E-state index contributed by atoms with van der Waals surface area (Å²) in [7, 11) is 0. The molecule has 3 unspecified atom stereocenters. The summed E-state index contributed by atoms with van der Waals surface area (Å²) in [5.74, 6) is -0.659. The first-order valence-electron chi connectivity index (χ1n) is 14.4. The third kappa shape index (κ3) is 6.42. The number of halogens is 3. The Bertz CT molecular complexity index is 1080. The SMILES string of the molecule is CCCCC(=O)NC1CCN(CCCCC2(C(=O)NCC(F)(F)F)c3ccccc3C3(C)C=CC=CC32)CC1. The number of nitrogens with zero attached hydrogens (tertiary/aromatic N) is 1. The Kier molecular flexibility index (Phi) is 9.25. The van der Waals surface area contributed by atoms with Gasteiger partial charge in [-0.05, 0) is 49.8 Å². The fourth-order valence-electron chi connectivity index (χ4n) is 6.86. The molecule has 1 heterocycles. The molecule has 0 saturated carbocycles. The van der Waals surface area contributed by atoms with Gasteiger partial charge in [0.25, 0.3) is 0 Å². The van der Waals surface area contributed by atoms with Crippen LogP contribution >= 0.6 is 0 Å². The summed E-state index contributed by atoms with van der Waals surface area (Å²) in [5.41, 5.74) is 0.339. The van der Waals surface area contributed by atoms with Crippen LogP contribution in [0, 0.1) is 5.92 Å². The summed E-state index contributed by atoms with van der Waals surface area (Å²) >= 11 is 0. The number of amides is 2. The molecule has 2 N–H and O–H groups in total. The Morgan fingerprint density at radius 3 is 2.46 bits per heavy atom. The van der Waals surface area contributed by atoms with Crippen molar-refractivity contribution in [1.82, 2.24) is 15.5 Å². The van der Waals surface area contributed by atoms with Crippen LogP contribution in [-0.2, 0) is 20.4 Å². The van der Waals surface area contributed by atoms with Crippen molar-refractivity contribution in [3.8, 4) is 0 Å². The molecule has 1 fully saturated rings. The highest BCUT2D eigenvalue weighted by Gasteiger charge is 2.60. The van der Waals surface area contributed by atoms with E-state index in [0.29, 0.717) is 12.8 Å². The zero-order valence-electron chi connectivity index (χ0n) is 23.2. The van der Waals surface area contributed by atoms with Crippen LogP contribution in [0.2, 0.25) is 0 Å². The number of benzene rings is 1. The number of allylic oxidation sites excluding steroid dienone is 4.